The lowest BCUT2D eigenvalue weighted by molar-refractivity contribution is 0.276. The summed E-state index contributed by atoms with van der Waals surface area (Å²) in [5.74, 6) is 0. The van der Waals surface area contributed by atoms with E-state index in [2.05, 4.69) is 15.6 Å². The van der Waals surface area contributed by atoms with Crippen molar-refractivity contribution in [2.24, 2.45) is 0 Å². The molecule has 2 N–H and O–H groups in total. The molecule has 1 aromatic heterocycles. The molecular formula is C13H18N4O3S. The number of hydrogen-bond acceptors (Lipinski definition) is 6. The molecule has 0 saturated carbocycles. The second-order valence-electron chi connectivity index (χ2n) is 4.70. The predicted molar refractivity (Wildman–Crippen MR) is 78.6 cm³/mol. The number of aliphatic hydroxyl groups excluding tert-OH is 1. The van der Waals surface area contributed by atoms with Gasteiger partial charge in [0.2, 0.25) is 0 Å². The Morgan fingerprint density at radius 2 is 2.00 bits per heavy atom. The first kappa shape index (κ1) is 15.5. The normalized spacial score (nSPS) is 11.5. The van der Waals surface area contributed by atoms with E-state index >= 15 is 0 Å². The van der Waals surface area contributed by atoms with E-state index in [1.807, 2.05) is 6.20 Å². The SMILES string of the molecule is CS(=O)(=O)c1ccc(NCc2cn(CCCO)nn2)cc1. The molecule has 114 valence electrons. The summed E-state index contributed by atoms with van der Waals surface area (Å²) >= 11 is 0. The third-order valence-electron chi connectivity index (χ3n) is 2.89. The van der Waals surface area contributed by atoms with Crippen molar-refractivity contribution in [3.8, 4) is 0 Å². The van der Waals surface area contributed by atoms with E-state index in [-0.39, 0.29) is 6.61 Å². The van der Waals surface area contributed by atoms with Crippen LogP contribution in [0.4, 0.5) is 5.69 Å². The van der Waals surface area contributed by atoms with Gasteiger partial charge in [0.05, 0.1) is 17.6 Å². The Balaban J connectivity index is 1.92. The maximum absolute atomic E-state index is 11.4. The quantitative estimate of drug-likeness (QED) is 0.780. The van der Waals surface area contributed by atoms with Crippen LogP contribution in [0.5, 0.6) is 0 Å². The molecule has 0 saturated heterocycles. The summed E-state index contributed by atoms with van der Waals surface area (Å²) in [6, 6.07) is 6.56. The van der Waals surface area contributed by atoms with Crippen LogP contribution in [0.25, 0.3) is 0 Å². The standard InChI is InChI=1S/C13H18N4O3S/c1-21(19,20)13-5-3-11(4-6-13)14-9-12-10-17(16-15-12)7-2-8-18/h3-6,10,14,18H,2,7-9H2,1H3. The second kappa shape index (κ2) is 6.68. The van der Waals surface area contributed by atoms with Crippen LogP contribution in [-0.2, 0) is 22.9 Å². The molecule has 8 heteroatoms. The molecule has 0 aliphatic rings. The van der Waals surface area contributed by atoms with Crippen molar-refractivity contribution in [3.63, 3.8) is 0 Å². The van der Waals surface area contributed by atoms with Gasteiger partial charge >= 0.3 is 0 Å². The van der Waals surface area contributed by atoms with Gasteiger partial charge < -0.3 is 10.4 Å². The second-order valence-corrected chi connectivity index (χ2v) is 6.72. The topological polar surface area (TPSA) is 97.1 Å². The molecule has 21 heavy (non-hydrogen) atoms. The fourth-order valence-electron chi connectivity index (χ4n) is 1.77. The maximum atomic E-state index is 11.4. The van der Waals surface area contributed by atoms with Crippen LogP contribution in [-0.4, -0.2) is 41.4 Å². The van der Waals surface area contributed by atoms with E-state index < -0.39 is 9.84 Å². The van der Waals surface area contributed by atoms with Crippen molar-refractivity contribution in [3.05, 3.63) is 36.2 Å². The highest BCUT2D eigenvalue weighted by Crippen LogP contribution is 2.14. The van der Waals surface area contributed by atoms with Crippen molar-refractivity contribution < 1.29 is 13.5 Å². The zero-order valence-electron chi connectivity index (χ0n) is 11.7. The fraction of sp³-hybridized carbons (Fsp3) is 0.385. The van der Waals surface area contributed by atoms with Gasteiger partial charge in [-0.15, -0.1) is 5.10 Å². The summed E-state index contributed by atoms with van der Waals surface area (Å²) in [6.07, 6.45) is 3.64. The summed E-state index contributed by atoms with van der Waals surface area (Å²) in [6.45, 7) is 1.25. The minimum Gasteiger partial charge on any atom is -0.396 e. The third kappa shape index (κ3) is 4.54. The Morgan fingerprint density at radius 1 is 1.29 bits per heavy atom. The number of sulfone groups is 1. The summed E-state index contributed by atoms with van der Waals surface area (Å²) in [5.41, 5.74) is 1.59. The third-order valence-corrected chi connectivity index (χ3v) is 4.02. The number of aliphatic hydroxyl groups is 1. The highest BCUT2D eigenvalue weighted by Gasteiger charge is 2.06. The van der Waals surface area contributed by atoms with Gasteiger partial charge in [0, 0.05) is 25.1 Å². The van der Waals surface area contributed by atoms with E-state index in [1.54, 1.807) is 28.9 Å². The van der Waals surface area contributed by atoms with Crippen molar-refractivity contribution in [2.45, 2.75) is 24.4 Å². The Bertz CT molecular complexity index is 680. The van der Waals surface area contributed by atoms with Crippen molar-refractivity contribution >= 4 is 15.5 Å². The van der Waals surface area contributed by atoms with Crippen molar-refractivity contribution in [1.82, 2.24) is 15.0 Å². The van der Waals surface area contributed by atoms with Gasteiger partial charge in [-0.2, -0.15) is 0 Å². The molecular weight excluding hydrogens is 292 g/mol. The summed E-state index contributed by atoms with van der Waals surface area (Å²) in [4.78, 5) is 0.294. The number of hydrogen-bond donors (Lipinski definition) is 2. The highest BCUT2D eigenvalue weighted by atomic mass is 32.2. The molecule has 0 bridgehead atoms. The maximum Gasteiger partial charge on any atom is 0.175 e. The molecule has 0 spiro atoms. The molecule has 1 aromatic carbocycles. The molecule has 0 unspecified atom stereocenters. The minimum absolute atomic E-state index is 0.125. The molecule has 1 heterocycles. The van der Waals surface area contributed by atoms with Gasteiger partial charge in [-0.05, 0) is 30.7 Å². The van der Waals surface area contributed by atoms with Crippen LogP contribution in [0.3, 0.4) is 0 Å². The number of aromatic nitrogens is 3. The molecule has 0 atom stereocenters. The lowest BCUT2D eigenvalue weighted by atomic mass is 10.3. The van der Waals surface area contributed by atoms with Crippen molar-refractivity contribution in [1.29, 1.82) is 0 Å². The van der Waals surface area contributed by atoms with Crippen LogP contribution in [0.1, 0.15) is 12.1 Å². The molecule has 0 radical (unpaired) electrons. The molecule has 0 aliphatic carbocycles. The first-order valence-electron chi connectivity index (χ1n) is 6.53. The molecule has 0 aliphatic heterocycles. The molecule has 7 nitrogen and oxygen atoms in total. The lowest BCUT2D eigenvalue weighted by Crippen LogP contribution is -2.01. The number of anilines is 1. The van der Waals surface area contributed by atoms with E-state index in [0.717, 1.165) is 11.4 Å². The first-order chi connectivity index (χ1) is 9.99. The monoisotopic (exact) mass is 310 g/mol. The Morgan fingerprint density at radius 3 is 2.62 bits per heavy atom. The lowest BCUT2D eigenvalue weighted by Gasteiger charge is -2.05. The fourth-order valence-corrected chi connectivity index (χ4v) is 2.40. The van der Waals surface area contributed by atoms with E-state index in [1.165, 1.54) is 6.26 Å². The molecule has 2 rings (SSSR count). The number of benzene rings is 1. The van der Waals surface area contributed by atoms with Gasteiger partial charge in [-0.3, -0.25) is 4.68 Å². The van der Waals surface area contributed by atoms with Crippen LogP contribution >= 0.6 is 0 Å². The van der Waals surface area contributed by atoms with Crippen LogP contribution in [0, 0.1) is 0 Å². The largest absolute Gasteiger partial charge is 0.396 e. The van der Waals surface area contributed by atoms with Gasteiger partial charge in [-0.1, -0.05) is 5.21 Å². The number of nitrogens with one attached hydrogen (secondary N) is 1. The van der Waals surface area contributed by atoms with Gasteiger partial charge in [-0.25, -0.2) is 8.42 Å². The zero-order chi connectivity index (χ0) is 15.3. The average Bonchev–Trinajstić information content (AvgIpc) is 2.90. The average molecular weight is 310 g/mol. The summed E-state index contributed by atoms with van der Waals surface area (Å²) in [5, 5.41) is 19.9. The van der Waals surface area contributed by atoms with Gasteiger partial charge in [0.25, 0.3) is 0 Å². The van der Waals surface area contributed by atoms with Gasteiger partial charge in [0.1, 0.15) is 5.69 Å². The number of rotatable bonds is 7. The number of nitrogens with zero attached hydrogens (tertiary/aromatic N) is 3. The minimum atomic E-state index is -3.17. The molecule has 0 fully saturated rings. The van der Waals surface area contributed by atoms with Crippen molar-refractivity contribution in [2.75, 3.05) is 18.2 Å². The van der Waals surface area contributed by atoms with E-state index in [4.69, 9.17) is 5.11 Å². The molecule has 0 amide bonds. The molecule has 2 aromatic rings. The Kier molecular flexibility index (Phi) is 4.92. The van der Waals surface area contributed by atoms with E-state index in [9.17, 15) is 8.42 Å². The van der Waals surface area contributed by atoms with E-state index in [0.29, 0.717) is 24.4 Å². The highest BCUT2D eigenvalue weighted by molar-refractivity contribution is 7.90. The van der Waals surface area contributed by atoms with Gasteiger partial charge in [0.15, 0.2) is 9.84 Å². The van der Waals surface area contributed by atoms with Crippen LogP contribution in [0.2, 0.25) is 0 Å². The predicted octanol–water partition coefficient (Wildman–Crippen LogP) is 0.676. The summed E-state index contributed by atoms with van der Waals surface area (Å²) < 4.78 is 24.4. The number of aryl methyl sites for hydroxylation is 1. The first-order valence-corrected chi connectivity index (χ1v) is 8.42. The summed E-state index contributed by atoms with van der Waals surface area (Å²) in [7, 11) is -3.17. The van der Waals surface area contributed by atoms with Crippen LogP contribution in [0.15, 0.2) is 35.4 Å². The van der Waals surface area contributed by atoms with Crippen LogP contribution < -0.4 is 5.32 Å². The smallest absolute Gasteiger partial charge is 0.175 e. The Labute approximate surface area is 123 Å². The zero-order valence-corrected chi connectivity index (χ0v) is 12.5. The Hall–Kier alpha value is -1.93.